The third-order valence-electron chi connectivity index (χ3n) is 4.91. The SMILES string of the molecule is Cc1ccc(CSCCCNC(=O)CN(c2ccccc2)S(=O)(=O)c2ccc(Cl)cc2)cc1. The van der Waals surface area contributed by atoms with Crippen LogP contribution in [0.3, 0.4) is 0 Å². The summed E-state index contributed by atoms with van der Waals surface area (Å²) < 4.78 is 27.6. The molecule has 0 radical (unpaired) electrons. The summed E-state index contributed by atoms with van der Waals surface area (Å²) in [5.41, 5.74) is 2.95. The van der Waals surface area contributed by atoms with E-state index in [0.29, 0.717) is 17.3 Å². The van der Waals surface area contributed by atoms with Crippen LogP contribution in [0.1, 0.15) is 17.5 Å². The van der Waals surface area contributed by atoms with Crippen LogP contribution in [-0.2, 0) is 20.6 Å². The molecular formula is C25H27ClN2O3S2. The maximum absolute atomic E-state index is 13.2. The number of halogens is 1. The van der Waals surface area contributed by atoms with Crippen molar-refractivity contribution >= 4 is 45.0 Å². The number of sulfonamides is 1. The number of carbonyl (C=O) groups is 1. The molecule has 174 valence electrons. The molecule has 0 heterocycles. The fourth-order valence-electron chi connectivity index (χ4n) is 3.11. The lowest BCUT2D eigenvalue weighted by Gasteiger charge is -2.24. The molecule has 1 amide bonds. The molecular weight excluding hydrogens is 476 g/mol. The van der Waals surface area contributed by atoms with Crippen LogP contribution in [0.15, 0.2) is 83.8 Å². The molecule has 0 saturated carbocycles. The standard InChI is InChI=1S/C25H27ClN2O3S2/c1-20-8-10-21(11-9-20)19-32-17-5-16-27-25(29)18-28(23-6-3-2-4-7-23)33(30,31)24-14-12-22(26)13-15-24/h2-4,6-15H,5,16-19H2,1H3,(H,27,29). The van der Waals surface area contributed by atoms with Crippen LogP contribution in [0, 0.1) is 6.92 Å². The molecule has 0 aromatic heterocycles. The van der Waals surface area contributed by atoms with Gasteiger partial charge in [0.15, 0.2) is 0 Å². The first-order valence-electron chi connectivity index (χ1n) is 10.6. The molecule has 3 aromatic rings. The predicted octanol–water partition coefficient (Wildman–Crippen LogP) is 5.28. The highest BCUT2D eigenvalue weighted by Gasteiger charge is 2.27. The Morgan fingerprint density at radius 1 is 0.970 bits per heavy atom. The Bertz CT molecular complexity index is 1140. The van der Waals surface area contributed by atoms with Gasteiger partial charge in [0.25, 0.3) is 10.0 Å². The zero-order chi connectivity index (χ0) is 23.7. The van der Waals surface area contributed by atoms with Crippen LogP contribution in [0.25, 0.3) is 0 Å². The average molecular weight is 503 g/mol. The lowest BCUT2D eigenvalue weighted by atomic mass is 10.2. The highest BCUT2D eigenvalue weighted by Crippen LogP contribution is 2.24. The van der Waals surface area contributed by atoms with E-state index in [4.69, 9.17) is 11.6 Å². The van der Waals surface area contributed by atoms with E-state index < -0.39 is 10.0 Å². The van der Waals surface area contributed by atoms with Gasteiger partial charge in [0.2, 0.25) is 5.91 Å². The van der Waals surface area contributed by atoms with E-state index in [-0.39, 0.29) is 17.3 Å². The minimum absolute atomic E-state index is 0.0797. The molecule has 1 N–H and O–H groups in total. The number of nitrogens with zero attached hydrogens (tertiary/aromatic N) is 1. The normalized spacial score (nSPS) is 11.2. The van der Waals surface area contributed by atoms with Crippen molar-refractivity contribution in [2.45, 2.75) is 24.0 Å². The molecule has 0 aliphatic carbocycles. The molecule has 0 spiro atoms. The van der Waals surface area contributed by atoms with Crippen molar-refractivity contribution in [3.63, 3.8) is 0 Å². The fraction of sp³-hybridized carbons (Fsp3) is 0.240. The maximum Gasteiger partial charge on any atom is 0.264 e. The number of aryl methyl sites for hydroxylation is 1. The summed E-state index contributed by atoms with van der Waals surface area (Å²) in [6.45, 7) is 2.26. The predicted molar refractivity (Wildman–Crippen MR) is 137 cm³/mol. The molecule has 0 aliphatic heterocycles. The number of hydrogen-bond donors (Lipinski definition) is 1. The van der Waals surface area contributed by atoms with Gasteiger partial charge in [-0.05, 0) is 61.1 Å². The third kappa shape index (κ3) is 7.52. The van der Waals surface area contributed by atoms with Crippen molar-refractivity contribution in [3.05, 3.63) is 95.0 Å². The topological polar surface area (TPSA) is 66.5 Å². The van der Waals surface area contributed by atoms with Gasteiger partial charge in [-0.15, -0.1) is 0 Å². The lowest BCUT2D eigenvalue weighted by Crippen LogP contribution is -2.41. The zero-order valence-corrected chi connectivity index (χ0v) is 20.8. The minimum Gasteiger partial charge on any atom is -0.354 e. The Labute approximate surface area is 205 Å². The van der Waals surface area contributed by atoms with Gasteiger partial charge < -0.3 is 5.32 Å². The Morgan fingerprint density at radius 2 is 1.64 bits per heavy atom. The van der Waals surface area contributed by atoms with Gasteiger partial charge in [0.05, 0.1) is 10.6 Å². The van der Waals surface area contributed by atoms with Gasteiger partial charge in [-0.2, -0.15) is 11.8 Å². The molecule has 5 nitrogen and oxygen atoms in total. The third-order valence-corrected chi connectivity index (χ3v) is 8.06. The van der Waals surface area contributed by atoms with Crippen molar-refractivity contribution < 1.29 is 13.2 Å². The van der Waals surface area contributed by atoms with Gasteiger partial charge in [0, 0.05) is 17.3 Å². The van der Waals surface area contributed by atoms with Crippen molar-refractivity contribution in [2.75, 3.05) is 23.1 Å². The van der Waals surface area contributed by atoms with E-state index in [2.05, 4.69) is 36.5 Å². The van der Waals surface area contributed by atoms with E-state index in [1.165, 1.54) is 35.4 Å². The highest BCUT2D eigenvalue weighted by atomic mass is 35.5. The number of carbonyl (C=O) groups excluding carboxylic acids is 1. The molecule has 8 heteroatoms. The molecule has 3 rings (SSSR count). The average Bonchev–Trinajstić information content (AvgIpc) is 2.81. The lowest BCUT2D eigenvalue weighted by molar-refractivity contribution is -0.119. The van der Waals surface area contributed by atoms with Crippen LogP contribution < -0.4 is 9.62 Å². The fourth-order valence-corrected chi connectivity index (χ4v) is 5.57. The zero-order valence-electron chi connectivity index (χ0n) is 18.4. The van der Waals surface area contributed by atoms with Gasteiger partial charge in [-0.1, -0.05) is 59.6 Å². The molecule has 0 bridgehead atoms. The molecule has 3 aromatic carbocycles. The number of thioether (sulfide) groups is 1. The Balaban J connectivity index is 1.54. The number of hydrogen-bond acceptors (Lipinski definition) is 4. The van der Waals surface area contributed by atoms with Crippen molar-refractivity contribution in [1.29, 1.82) is 0 Å². The number of amides is 1. The molecule has 0 fully saturated rings. The van der Waals surface area contributed by atoms with E-state index >= 15 is 0 Å². The second-order valence-corrected chi connectivity index (χ2v) is 10.9. The van der Waals surface area contributed by atoms with Crippen LogP contribution in [0.4, 0.5) is 5.69 Å². The van der Waals surface area contributed by atoms with E-state index in [0.717, 1.165) is 22.2 Å². The Morgan fingerprint density at radius 3 is 2.30 bits per heavy atom. The van der Waals surface area contributed by atoms with Crippen molar-refractivity contribution in [1.82, 2.24) is 5.32 Å². The number of anilines is 1. The first-order valence-corrected chi connectivity index (χ1v) is 13.6. The van der Waals surface area contributed by atoms with Gasteiger partial charge in [-0.25, -0.2) is 8.42 Å². The smallest absolute Gasteiger partial charge is 0.264 e. The quantitative estimate of drug-likeness (QED) is 0.362. The number of benzene rings is 3. The summed E-state index contributed by atoms with van der Waals surface area (Å²) in [6, 6.07) is 23.0. The molecule has 33 heavy (non-hydrogen) atoms. The molecule has 0 saturated heterocycles. The van der Waals surface area contributed by atoms with E-state index in [1.54, 1.807) is 30.3 Å². The summed E-state index contributed by atoms with van der Waals surface area (Å²) >= 11 is 7.71. The molecule has 0 unspecified atom stereocenters. The summed E-state index contributed by atoms with van der Waals surface area (Å²) in [4.78, 5) is 12.7. The Kier molecular flexibility index (Phi) is 9.23. The second-order valence-electron chi connectivity index (χ2n) is 7.54. The van der Waals surface area contributed by atoms with Gasteiger partial charge in [0.1, 0.15) is 6.54 Å². The minimum atomic E-state index is -3.93. The maximum atomic E-state index is 13.2. The summed E-state index contributed by atoms with van der Waals surface area (Å²) in [5, 5.41) is 3.28. The van der Waals surface area contributed by atoms with Gasteiger partial charge >= 0.3 is 0 Å². The molecule has 0 aliphatic rings. The Hall–Kier alpha value is -2.48. The first-order chi connectivity index (χ1) is 15.9. The highest BCUT2D eigenvalue weighted by molar-refractivity contribution is 7.98. The first kappa shape index (κ1) is 25.1. The van der Waals surface area contributed by atoms with Crippen LogP contribution in [0.5, 0.6) is 0 Å². The van der Waals surface area contributed by atoms with Crippen molar-refractivity contribution in [2.24, 2.45) is 0 Å². The van der Waals surface area contributed by atoms with Gasteiger partial charge in [-0.3, -0.25) is 9.10 Å². The number of rotatable bonds is 11. The largest absolute Gasteiger partial charge is 0.354 e. The van der Waals surface area contributed by atoms with Crippen LogP contribution in [-0.4, -0.2) is 33.2 Å². The van der Waals surface area contributed by atoms with Crippen LogP contribution >= 0.6 is 23.4 Å². The van der Waals surface area contributed by atoms with E-state index in [9.17, 15) is 13.2 Å². The van der Waals surface area contributed by atoms with Crippen LogP contribution in [0.2, 0.25) is 5.02 Å². The van der Waals surface area contributed by atoms with Crippen molar-refractivity contribution in [3.8, 4) is 0 Å². The monoisotopic (exact) mass is 502 g/mol. The summed E-state index contributed by atoms with van der Waals surface area (Å²) in [7, 11) is -3.93. The number of para-hydroxylation sites is 1. The second kappa shape index (κ2) is 12.1. The summed E-state index contributed by atoms with van der Waals surface area (Å²) in [5.74, 6) is 1.48. The summed E-state index contributed by atoms with van der Waals surface area (Å²) in [6.07, 6.45) is 0.803. The van der Waals surface area contributed by atoms with E-state index in [1.807, 2.05) is 11.8 Å². The molecule has 0 atom stereocenters. The number of nitrogens with one attached hydrogen (secondary N) is 1.